The lowest BCUT2D eigenvalue weighted by Gasteiger charge is -2.10. The predicted molar refractivity (Wildman–Crippen MR) is 50.6 cm³/mol. The molecule has 4 N–H and O–H groups in total. The summed E-state index contributed by atoms with van der Waals surface area (Å²) in [6.45, 7) is 0. The van der Waals surface area contributed by atoms with E-state index in [2.05, 4.69) is 5.32 Å². The Labute approximate surface area is 78.7 Å². The average Bonchev–Trinajstić information content (AvgIpc) is 2.03. The molecular formula is C7H16NO4P. The molecule has 5 nitrogen and oxygen atoms in total. The van der Waals surface area contributed by atoms with E-state index < -0.39 is 20.4 Å². The molecule has 0 aliphatic carbocycles. The predicted octanol–water partition coefficient (Wildman–Crippen LogP) is 0.126. The molecule has 0 amide bonds. The Hall–Kier alpha value is -0.220. The van der Waals surface area contributed by atoms with E-state index in [1.54, 1.807) is 7.05 Å². The highest BCUT2D eigenvalue weighted by Gasteiger charge is 2.13. The van der Waals surface area contributed by atoms with Gasteiger partial charge in [0.1, 0.15) is 6.04 Å². The van der Waals surface area contributed by atoms with Crippen LogP contribution in [0, 0.1) is 0 Å². The Balaban J connectivity index is 3.44. The van der Waals surface area contributed by atoms with Gasteiger partial charge in [0.25, 0.3) is 0 Å². The molecule has 0 heterocycles. The van der Waals surface area contributed by atoms with Gasteiger partial charge in [0.15, 0.2) is 8.38 Å². The Morgan fingerprint density at radius 1 is 1.46 bits per heavy atom. The number of likely N-dealkylation sites (N-methyl/N-ethyl adjacent to an activating group) is 1. The van der Waals surface area contributed by atoms with Gasteiger partial charge in [0, 0.05) is 6.16 Å². The third-order valence-corrected chi connectivity index (χ3v) is 2.46. The fourth-order valence-corrected chi connectivity index (χ4v) is 1.50. The second-order valence-electron chi connectivity index (χ2n) is 2.77. The van der Waals surface area contributed by atoms with Gasteiger partial charge in [-0.3, -0.25) is 4.79 Å². The molecule has 0 rings (SSSR count). The second-order valence-corrected chi connectivity index (χ2v) is 3.96. The van der Waals surface area contributed by atoms with Gasteiger partial charge in [-0.05, 0) is 19.9 Å². The molecule has 0 aliphatic heterocycles. The number of unbranched alkanes of at least 4 members (excludes halogenated alkanes) is 1. The number of nitrogens with one attached hydrogen (secondary N) is 1. The zero-order chi connectivity index (χ0) is 10.3. The van der Waals surface area contributed by atoms with Gasteiger partial charge in [-0.2, -0.15) is 0 Å². The van der Waals surface area contributed by atoms with Crippen LogP contribution >= 0.6 is 8.38 Å². The Bertz CT molecular complexity index is 153. The van der Waals surface area contributed by atoms with E-state index in [4.69, 9.17) is 14.9 Å². The fourth-order valence-electron chi connectivity index (χ4n) is 0.993. The van der Waals surface area contributed by atoms with Crippen molar-refractivity contribution < 1.29 is 19.7 Å². The normalized spacial score (nSPS) is 13.2. The third-order valence-electron chi connectivity index (χ3n) is 1.75. The minimum atomic E-state index is -1.82. The SMILES string of the molecule is CNC(CCCCP(O)O)C(=O)O. The smallest absolute Gasteiger partial charge is 0.320 e. The summed E-state index contributed by atoms with van der Waals surface area (Å²) < 4.78 is 0. The molecule has 0 radical (unpaired) electrons. The summed E-state index contributed by atoms with van der Waals surface area (Å²) in [6.07, 6.45) is 2.24. The van der Waals surface area contributed by atoms with Crippen LogP contribution in [0.4, 0.5) is 0 Å². The minimum Gasteiger partial charge on any atom is -0.480 e. The van der Waals surface area contributed by atoms with Crippen molar-refractivity contribution in [2.45, 2.75) is 25.3 Å². The molecule has 0 aromatic carbocycles. The molecule has 0 fully saturated rings. The standard InChI is InChI=1S/C7H16NO4P/c1-8-6(7(9)10)4-2-3-5-13(11)12/h6,8,11-12H,2-5H2,1H3,(H,9,10). The van der Waals surface area contributed by atoms with Crippen molar-refractivity contribution in [1.82, 2.24) is 5.32 Å². The summed E-state index contributed by atoms with van der Waals surface area (Å²) in [5, 5.41) is 11.3. The first-order chi connectivity index (χ1) is 6.07. The van der Waals surface area contributed by atoms with Gasteiger partial charge in [0.05, 0.1) is 0 Å². The molecule has 0 spiro atoms. The fraction of sp³-hybridized carbons (Fsp3) is 0.857. The van der Waals surface area contributed by atoms with Crippen molar-refractivity contribution in [1.29, 1.82) is 0 Å². The first-order valence-corrected chi connectivity index (χ1v) is 5.56. The van der Waals surface area contributed by atoms with E-state index in [0.717, 1.165) is 0 Å². The van der Waals surface area contributed by atoms with Crippen LogP contribution in [-0.2, 0) is 4.79 Å². The number of hydrogen-bond acceptors (Lipinski definition) is 4. The first-order valence-electron chi connectivity index (χ1n) is 4.13. The van der Waals surface area contributed by atoms with E-state index in [0.29, 0.717) is 25.4 Å². The first kappa shape index (κ1) is 12.8. The highest BCUT2D eigenvalue weighted by molar-refractivity contribution is 7.45. The second kappa shape index (κ2) is 7.21. The highest BCUT2D eigenvalue weighted by Crippen LogP contribution is 2.24. The molecule has 6 heteroatoms. The minimum absolute atomic E-state index is 0.366. The summed E-state index contributed by atoms with van der Waals surface area (Å²) in [6, 6.07) is -0.524. The maximum Gasteiger partial charge on any atom is 0.320 e. The van der Waals surface area contributed by atoms with Crippen molar-refractivity contribution >= 4 is 14.3 Å². The molecule has 0 saturated carbocycles. The summed E-state index contributed by atoms with van der Waals surface area (Å²) >= 11 is 0. The zero-order valence-electron chi connectivity index (χ0n) is 7.60. The lowest BCUT2D eigenvalue weighted by molar-refractivity contribution is -0.139. The maximum absolute atomic E-state index is 10.5. The van der Waals surface area contributed by atoms with E-state index >= 15 is 0 Å². The third kappa shape index (κ3) is 6.90. The van der Waals surface area contributed by atoms with Crippen LogP contribution in [0.2, 0.25) is 0 Å². The van der Waals surface area contributed by atoms with Crippen molar-refractivity contribution in [3.8, 4) is 0 Å². The van der Waals surface area contributed by atoms with Gasteiger partial charge in [0.2, 0.25) is 0 Å². The van der Waals surface area contributed by atoms with E-state index in [1.807, 2.05) is 0 Å². The lowest BCUT2D eigenvalue weighted by atomic mass is 10.1. The van der Waals surface area contributed by atoms with Crippen LogP contribution in [0.5, 0.6) is 0 Å². The van der Waals surface area contributed by atoms with Crippen molar-refractivity contribution in [3.05, 3.63) is 0 Å². The van der Waals surface area contributed by atoms with E-state index in [1.165, 1.54) is 0 Å². The molecular weight excluding hydrogens is 193 g/mol. The average molecular weight is 209 g/mol. The summed E-state index contributed by atoms with van der Waals surface area (Å²) in [4.78, 5) is 27.6. The number of rotatable bonds is 7. The topological polar surface area (TPSA) is 89.8 Å². The van der Waals surface area contributed by atoms with Crippen LogP contribution in [0.3, 0.4) is 0 Å². The van der Waals surface area contributed by atoms with Gasteiger partial charge >= 0.3 is 5.97 Å². The van der Waals surface area contributed by atoms with Crippen LogP contribution < -0.4 is 5.32 Å². The van der Waals surface area contributed by atoms with E-state index in [-0.39, 0.29) is 0 Å². The van der Waals surface area contributed by atoms with Gasteiger partial charge in [-0.25, -0.2) is 0 Å². The molecule has 0 saturated heterocycles. The van der Waals surface area contributed by atoms with Crippen LogP contribution in [0.25, 0.3) is 0 Å². The number of hydrogen-bond donors (Lipinski definition) is 4. The Morgan fingerprint density at radius 2 is 2.08 bits per heavy atom. The summed E-state index contributed by atoms with van der Waals surface area (Å²) in [7, 11) is -0.218. The highest BCUT2D eigenvalue weighted by atomic mass is 31.2. The van der Waals surface area contributed by atoms with Crippen molar-refractivity contribution in [2.75, 3.05) is 13.2 Å². The zero-order valence-corrected chi connectivity index (χ0v) is 8.50. The largest absolute Gasteiger partial charge is 0.480 e. The quantitative estimate of drug-likeness (QED) is 0.353. The van der Waals surface area contributed by atoms with Crippen LogP contribution in [0.15, 0.2) is 0 Å². The Kier molecular flexibility index (Phi) is 7.09. The number of carbonyl (C=O) groups is 1. The number of carboxylic acids is 1. The molecule has 0 aromatic heterocycles. The van der Waals surface area contributed by atoms with Crippen molar-refractivity contribution in [3.63, 3.8) is 0 Å². The molecule has 1 unspecified atom stereocenters. The van der Waals surface area contributed by atoms with Gasteiger partial charge in [-0.1, -0.05) is 6.42 Å². The molecule has 0 aliphatic rings. The van der Waals surface area contributed by atoms with E-state index in [9.17, 15) is 4.79 Å². The summed E-state index contributed by atoms with van der Waals surface area (Å²) in [5.41, 5.74) is 0. The molecule has 1 atom stereocenters. The van der Waals surface area contributed by atoms with Crippen LogP contribution in [-0.4, -0.2) is 40.1 Å². The number of aliphatic carboxylic acids is 1. The van der Waals surface area contributed by atoms with Gasteiger partial charge in [-0.15, -0.1) is 0 Å². The summed E-state index contributed by atoms with van der Waals surface area (Å²) in [5.74, 6) is -0.863. The molecule has 13 heavy (non-hydrogen) atoms. The number of carboxylic acid groups (broad SMARTS) is 1. The van der Waals surface area contributed by atoms with Gasteiger partial charge < -0.3 is 20.2 Å². The maximum atomic E-state index is 10.5. The van der Waals surface area contributed by atoms with Crippen LogP contribution in [0.1, 0.15) is 19.3 Å². The Morgan fingerprint density at radius 3 is 2.46 bits per heavy atom. The molecule has 0 aromatic rings. The monoisotopic (exact) mass is 209 g/mol. The lowest BCUT2D eigenvalue weighted by Crippen LogP contribution is -2.33. The van der Waals surface area contributed by atoms with Crippen molar-refractivity contribution in [2.24, 2.45) is 0 Å². The molecule has 0 bridgehead atoms. The molecule has 78 valence electrons.